The molecule has 1 aromatic carbocycles. The minimum atomic E-state index is -3.68. The van der Waals surface area contributed by atoms with Crippen LogP contribution >= 0.6 is 6.83 Å². The van der Waals surface area contributed by atoms with Crippen molar-refractivity contribution in [2.75, 3.05) is 44.1 Å². The molecule has 0 spiro atoms. The molecule has 0 unspecified atom stereocenters. The van der Waals surface area contributed by atoms with Gasteiger partial charge in [-0.15, -0.1) is 0 Å². The molecule has 0 saturated carbocycles. The van der Waals surface area contributed by atoms with Crippen molar-refractivity contribution in [2.24, 2.45) is 0 Å². The average molecular weight is 533 g/mol. The van der Waals surface area contributed by atoms with E-state index in [1.54, 1.807) is 24.3 Å². The quantitative estimate of drug-likeness (QED) is 0.0999. The minimum absolute atomic E-state index is 0.0400. The zero-order chi connectivity index (χ0) is 26.2. The molecule has 0 aliphatic rings. The fraction of sp³-hybridized carbons (Fsp3) is 0.741. The molecule has 0 heterocycles. The van der Waals surface area contributed by atoms with Crippen molar-refractivity contribution >= 4 is 22.9 Å². The molecule has 0 radical (unpaired) electrons. The van der Waals surface area contributed by atoms with Crippen molar-refractivity contribution in [3.63, 3.8) is 0 Å². The summed E-state index contributed by atoms with van der Waals surface area (Å²) in [6.45, 7) is 6.08. The monoisotopic (exact) mass is 532 g/mol. The van der Waals surface area contributed by atoms with E-state index in [1.807, 2.05) is 0 Å². The summed E-state index contributed by atoms with van der Waals surface area (Å²) >= 11 is 0. The van der Waals surface area contributed by atoms with Gasteiger partial charge in [-0.3, -0.25) is 0 Å². The van der Waals surface area contributed by atoms with Gasteiger partial charge in [0.25, 0.3) is 0 Å². The Kier molecular flexibility index (Phi) is 14.4. The first-order chi connectivity index (χ1) is 16.7. The third-order valence-corrected chi connectivity index (χ3v) is 15.9. The van der Waals surface area contributed by atoms with E-state index in [0.29, 0.717) is 17.7 Å². The number of benzene rings is 1. The summed E-state index contributed by atoms with van der Waals surface area (Å²) < 4.78 is 43.7. The Morgan fingerprint density at radius 2 is 1.23 bits per heavy atom. The van der Waals surface area contributed by atoms with E-state index >= 15 is 0 Å². The topological polar surface area (TPSA) is 78.9 Å². The van der Waals surface area contributed by atoms with Crippen LogP contribution in [0.4, 0.5) is 0 Å². The van der Waals surface area contributed by atoms with E-state index in [9.17, 15) is 13.2 Å². The van der Waals surface area contributed by atoms with Crippen molar-refractivity contribution in [1.82, 2.24) is 0 Å². The van der Waals surface area contributed by atoms with Crippen LogP contribution in [0.3, 0.4) is 0 Å². The second-order valence-corrected chi connectivity index (χ2v) is 17.3. The summed E-state index contributed by atoms with van der Waals surface area (Å²) in [5, 5.41) is 0. The van der Waals surface area contributed by atoms with Crippen molar-refractivity contribution < 1.29 is 26.7 Å². The first-order valence-electron chi connectivity index (χ1n) is 13.4. The number of carbonyl (C=O) groups excluding carboxylic acids is 1. The van der Waals surface area contributed by atoms with E-state index in [1.165, 1.54) is 7.11 Å². The Morgan fingerprint density at radius 3 is 1.63 bits per heavy atom. The van der Waals surface area contributed by atoms with Crippen LogP contribution in [-0.4, -0.2) is 58.5 Å². The normalized spacial score (nSPS) is 13.2. The second kappa shape index (κ2) is 15.8. The fourth-order valence-corrected chi connectivity index (χ4v) is 15.0. The number of hydrogen-bond acceptors (Lipinski definition) is 6. The predicted molar refractivity (Wildman–Crippen MR) is 149 cm³/mol. The third kappa shape index (κ3) is 10.8. The Hall–Kier alpha value is -1.17. The molecule has 8 heteroatoms. The van der Waals surface area contributed by atoms with E-state index in [2.05, 4.69) is 27.7 Å². The Morgan fingerprint density at radius 1 is 0.771 bits per heavy atom. The maximum absolute atomic E-state index is 13.4. The SMILES string of the molecule is CCCCP(CCCC)(CCCC)(CCCC)OS(=O)(=O)CCCOc1ccc(C(=O)OC)cc1. The van der Waals surface area contributed by atoms with Crippen LogP contribution in [-0.2, 0) is 18.8 Å². The molecule has 204 valence electrons. The summed E-state index contributed by atoms with van der Waals surface area (Å²) in [4.78, 5) is 11.6. The number of hydrogen-bond donors (Lipinski definition) is 0. The van der Waals surface area contributed by atoms with Gasteiger partial charge in [0, 0.05) is 0 Å². The van der Waals surface area contributed by atoms with Crippen LogP contribution in [0.25, 0.3) is 0 Å². The molecule has 1 rings (SSSR count). The van der Waals surface area contributed by atoms with Gasteiger partial charge in [-0.05, 0) is 0 Å². The van der Waals surface area contributed by atoms with Crippen LogP contribution in [0.15, 0.2) is 24.3 Å². The average Bonchev–Trinajstić information content (AvgIpc) is 2.86. The van der Waals surface area contributed by atoms with Crippen molar-refractivity contribution in [3.05, 3.63) is 29.8 Å². The van der Waals surface area contributed by atoms with Crippen molar-refractivity contribution in [2.45, 2.75) is 85.5 Å². The number of methoxy groups -OCH3 is 1. The summed E-state index contributed by atoms with van der Waals surface area (Å²) in [6.07, 6.45) is 12.3. The molecule has 0 aliphatic heterocycles. The summed E-state index contributed by atoms with van der Waals surface area (Å²) in [5.41, 5.74) is 0.445. The Bertz CT molecular complexity index is 794. The number of esters is 1. The van der Waals surface area contributed by atoms with Gasteiger partial charge in [-0.1, -0.05) is 0 Å². The van der Waals surface area contributed by atoms with E-state index in [-0.39, 0.29) is 12.4 Å². The molecule has 0 saturated heterocycles. The van der Waals surface area contributed by atoms with Crippen molar-refractivity contribution in [1.29, 1.82) is 0 Å². The van der Waals surface area contributed by atoms with Crippen LogP contribution < -0.4 is 4.74 Å². The molecule has 0 amide bonds. The summed E-state index contributed by atoms with van der Waals surface area (Å²) in [7, 11) is -2.34. The number of ether oxygens (including phenoxy) is 2. The van der Waals surface area contributed by atoms with Gasteiger partial charge in [0.05, 0.1) is 7.11 Å². The van der Waals surface area contributed by atoms with Gasteiger partial charge >= 0.3 is 208 Å². The van der Waals surface area contributed by atoms with Crippen LogP contribution in [0.1, 0.15) is 95.8 Å². The number of unbranched alkanes of at least 4 members (excludes halogenated alkanes) is 4. The second-order valence-electron chi connectivity index (χ2n) is 9.72. The van der Waals surface area contributed by atoms with Gasteiger partial charge in [0.1, 0.15) is 0 Å². The van der Waals surface area contributed by atoms with Gasteiger partial charge in [0.2, 0.25) is 0 Å². The zero-order valence-electron chi connectivity index (χ0n) is 22.7. The third-order valence-electron chi connectivity index (χ3n) is 6.72. The van der Waals surface area contributed by atoms with E-state index in [4.69, 9.17) is 13.4 Å². The van der Waals surface area contributed by atoms with Crippen LogP contribution in [0.2, 0.25) is 0 Å². The molecular formula is C27H49O6PS. The molecular weight excluding hydrogens is 483 g/mol. The van der Waals surface area contributed by atoms with Gasteiger partial charge in [0.15, 0.2) is 0 Å². The first-order valence-corrected chi connectivity index (χ1v) is 17.9. The van der Waals surface area contributed by atoms with E-state index in [0.717, 1.165) is 76.0 Å². The molecule has 0 aliphatic carbocycles. The summed E-state index contributed by atoms with van der Waals surface area (Å²) in [5.74, 6) is 0.146. The van der Waals surface area contributed by atoms with E-state index < -0.39 is 22.9 Å². The summed E-state index contributed by atoms with van der Waals surface area (Å²) in [6, 6.07) is 6.64. The molecule has 0 N–H and O–H groups in total. The first kappa shape index (κ1) is 31.9. The maximum atomic E-state index is 13.4. The molecule has 0 bridgehead atoms. The van der Waals surface area contributed by atoms with Gasteiger partial charge in [-0.2, -0.15) is 0 Å². The van der Waals surface area contributed by atoms with Gasteiger partial charge in [-0.25, -0.2) is 0 Å². The number of rotatable bonds is 20. The molecule has 6 nitrogen and oxygen atoms in total. The zero-order valence-corrected chi connectivity index (χ0v) is 24.4. The molecule has 0 aromatic heterocycles. The predicted octanol–water partition coefficient (Wildman–Crippen LogP) is 7.26. The number of carbonyl (C=O) groups is 1. The molecule has 35 heavy (non-hydrogen) atoms. The standard InChI is InChI=1S/C27H49O6PS/c1-6-10-20-34(21-11-7-2,22-12-8-3,23-13-9-4)33-35(29,30)24-14-19-32-26-17-15-25(16-18-26)27(28)31-5/h15-18H,6-14,19-24H2,1-5H3. The Balaban J connectivity index is 2.95. The van der Waals surface area contributed by atoms with Crippen LogP contribution in [0, 0.1) is 0 Å². The Labute approximate surface area is 214 Å². The van der Waals surface area contributed by atoms with Crippen molar-refractivity contribution in [3.8, 4) is 5.75 Å². The molecule has 0 fully saturated rings. The fourth-order valence-electron chi connectivity index (χ4n) is 4.64. The molecule has 0 atom stereocenters. The molecule has 1 aromatic rings. The van der Waals surface area contributed by atoms with Gasteiger partial charge < -0.3 is 0 Å². The van der Waals surface area contributed by atoms with Crippen LogP contribution in [0.5, 0.6) is 5.75 Å².